The maximum atomic E-state index is 13.5. The van der Waals surface area contributed by atoms with Crippen molar-refractivity contribution in [2.75, 3.05) is 18.4 Å². The zero-order valence-electron chi connectivity index (χ0n) is 16.6. The van der Waals surface area contributed by atoms with Crippen LogP contribution in [0.25, 0.3) is 10.9 Å². The molecule has 3 aromatic rings. The Hall–Kier alpha value is -3.15. The molecular formula is C23H24FN3O2. The van der Waals surface area contributed by atoms with Crippen LogP contribution in [0, 0.1) is 25.6 Å². The number of nitrogens with one attached hydrogen (secondary N) is 2. The molecule has 5 nitrogen and oxygen atoms in total. The van der Waals surface area contributed by atoms with Gasteiger partial charge in [0.05, 0.1) is 5.92 Å². The van der Waals surface area contributed by atoms with E-state index in [4.69, 9.17) is 0 Å². The summed E-state index contributed by atoms with van der Waals surface area (Å²) in [5.74, 6) is -0.779. The number of aromatic nitrogens is 1. The van der Waals surface area contributed by atoms with E-state index < -0.39 is 0 Å². The average Bonchev–Trinajstić information content (AvgIpc) is 3.22. The van der Waals surface area contributed by atoms with Gasteiger partial charge in [0.2, 0.25) is 11.8 Å². The lowest BCUT2D eigenvalue weighted by Crippen LogP contribution is -2.30. The lowest BCUT2D eigenvalue weighted by Gasteiger charge is -2.16. The first-order valence-corrected chi connectivity index (χ1v) is 9.81. The number of halogens is 1. The van der Waals surface area contributed by atoms with Crippen molar-refractivity contribution in [2.45, 2.75) is 26.7 Å². The van der Waals surface area contributed by atoms with Gasteiger partial charge in [0.15, 0.2) is 0 Å². The molecule has 0 radical (unpaired) electrons. The zero-order chi connectivity index (χ0) is 20.5. The zero-order valence-corrected chi connectivity index (χ0v) is 16.6. The number of carbonyl (C=O) groups is 2. The third-order valence-electron chi connectivity index (χ3n) is 5.46. The molecule has 2 N–H and O–H groups in total. The number of amides is 2. The molecule has 29 heavy (non-hydrogen) atoms. The van der Waals surface area contributed by atoms with Gasteiger partial charge < -0.3 is 15.2 Å². The fourth-order valence-corrected chi connectivity index (χ4v) is 4.07. The van der Waals surface area contributed by atoms with Crippen LogP contribution in [-0.4, -0.2) is 34.8 Å². The topological polar surface area (TPSA) is 65.2 Å². The lowest BCUT2D eigenvalue weighted by molar-refractivity contribution is -0.128. The summed E-state index contributed by atoms with van der Waals surface area (Å²) in [5.41, 5.74) is 4.77. The van der Waals surface area contributed by atoms with Crippen molar-refractivity contribution in [1.29, 1.82) is 0 Å². The lowest BCUT2D eigenvalue weighted by atomic mass is 10.1. The van der Waals surface area contributed by atoms with E-state index >= 15 is 0 Å². The second kappa shape index (κ2) is 7.70. The van der Waals surface area contributed by atoms with Gasteiger partial charge in [-0.2, -0.15) is 0 Å². The number of fused-ring (bicyclic) bond motifs is 1. The summed E-state index contributed by atoms with van der Waals surface area (Å²) in [4.78, 5) is 29.9. The Balaban J connectivity index is 1.38. The Morgan fingerprint density at radius 2 is 1.97 bits per heavy atom. The first-order valence-electron chi connectivity index (χ1n) is 9.81. The summed E-state index contributed by atoms with van der Waals surface area (Å²) in [5, 5.41) is 3.78. The largest absolute Gasteiger partial charge is 0.361 e. The van der Waals surface area contributed by atoms with Crippen LogP contribution in [-0.2, 0) is 16.0 Å². The monoisotopic (exact) mass is 393 g/mol. The van der Waals surface area contributed by atoms with E-state index in [1.165, 1.54) is 12.1 Å². The SMILES string of the molecule is Cc1cc(C)cc(NC(=O)[C@H]2CC(=O)N(CCc3c[nH]c4ccc(F)cc34)C2)c1. The number of benzene rings is 2. The summed E-state index contributed by atoms with van der Waals surface area (Å²) >= 11 is 0. The van der Waals surface area contributed by atoms with Crippen LogP contribution in [0.5, 0.6) is 0 Å². The van der Waals surface area contributed by atoms with Crippen LogP contribution < -0.4 is 5.32 Å². The number of carbonyl (C=O) groups excluding carboxylic acids is 2. The highest BCUT2D eigenvalue weighted by atomic mass is 19.1. The van der Waals surface area contributed by atoms with Gasteiger partial charge in [-0.3, -0.25) is 9.59 Å². The van der Waals surface area contributed by atoms with Crippen molar-refractivity contribution < 1.29 is 14.0 Å². The molecule has 1 aliphatic heterocycles. The van der Waals surface area contributed by atoms with Gasteiger partial charge in [-0.15, -0.1) is 0 Å². The van der Waals surface area contributed by atoms with Gasteiger partial charge in [0.25, 0.3) is 0 Å². The summed E-state index contributed by atoms with van der Waals surface area (Å²) in [6, 6.07) is 10.5. The van der Waals surface area contributed by atoms with Crippen LogP contribution >= 0.6 is 0 Å². The molecule has 0 unspecified atom stereocenters. The minimum Gasteiger partial charge on any atom is -0.361 e. The maximum absolute atomic E-state index is 13.5. The van der Waals surface area contributed by atoms with Crippen LogP contribution in [0.4, 0.5) is 10.1 Å². The molecule has 6 heteroatoms. The molecule has 1 aromatic heterocycles. The Kier molecular flexibility index (Phi) is 5.09. The summed E-state index contributed by atoms with van der Waals surface area (Å²) in [6.07, 6.45) is 2.69. The summed E-state index contributed by atoms with van der Waals surface area (Å²) < 4.78 is 13.5. The van der Waals surface area contributed by atoms with E-state index in [0.717, 1.165) is 33.3 Å². The van der Waals surface area contributed by atoms with Crippen LogP contribution in [0.1, 0.15) is 23.1 Å². The fraction of sp³-hybridized carbons (Fsp3) is 0.304. The number of rotatable bonds is 5. The Bertz CT molecular complexity index is 1070. The molecule has 2 aromatic carbocycles. The van der Waals surface area contributed by atoms with Crippen LogP contribution in [0.3, 0.4) is 0 Å². The molecule has 0 spiro atoms. The molecule has 1 atom stereocenters. The van der Waals surface area contributed by atoms with Gasteiger partial charge in [0, 0.05) is 42.3 Å². The standard InChI is InChI=1S/C23H24FN3O2/c1-14-7-15(2)9-19(8-14)26-23(29)17-10-22(28)27(13-17)6-5-16-12-25-21-4-3-18(24)11-20(16)21/h3-4,7-9,11-12,17,25H,5-6,10,13H2,1-2H3,(H,26,29)/t17-/m0/s1. The van der Waals surface area contributed by atoms with Gasteiger partial charge in [-0.25, -0.2) is 4.39 Å². The van der Waals surface area contributed by atoms with Gasteiger partial charge in [-0.05, 0) is 67.3 Å². The molecule has 0 saturated carbocycles. The van der Waals surface area contributed by atoms with Crippen molar-refractivity contribution in [3.05, 3.63) is 65.1 Å². The average molecular weight is 393 g/mol. The number of nitrogens with zero attached hydrogens (tertiary/aromatic N) is 1. The third kappa shape index (κ3) is 4.16. The van der Waals surface area contributed by atoms with E-state index in [1.807, 2.05) is 38.2 Å². The van der Waals surface area contributed by atoms with Crippen molar-refractivity contribution >= 4 is 28.4 Å². The molecule has 1 aliphatic rings. The van der Waals surface area contributed by atoms with Crippen molar-refractivity contribution in [3.63, 3.8) is 0 Å². The van der Waals surface area contributed by atoms with Crippen LogP contribution in [0.15, 0.2) is 42.6 Å². The van der Waals surface area contributed by atoms with Crippen molar-refractivity contribution in [2.24, 2.45) is 5.92 Å². The number of hydrogen-bond donors (Lipinski definition) is 2. The van der Waals surface area contributed by atoms with E-state index in [2.05, 4.69) is 10.3 Å². The van der Waals surface area contributed by atoms with Crippen LogP contribution in [0.2, 0.25) is 0 Å². The Labute approximate surface area is 168 Å². The Morgan fingerprint density at radius 1 is 1.21 bits per heavy atom. The molecule has 0 aliphatic carbocycles. The predicted molar refractivity (Wildman–Crippen MR) is 111 cm³/mol. The number of hydrogen-bond acceptors (Lipinski definition) is 2. The fourth-order valence-electron chi connectivity index (χ4n) is 4.07. The third-order valence-corrected chi connectivity index (χ3v) is 5.46. The first kappa shape index (κ1) is 19.2. The molecule has 1 fully saturated rings. The number of aromatic amines is 1. The normalized spacial score (nSPS) is 16.6. The number of likely N-dealkylation sites (tertiary alicyclic amines) is 1. The highest BCUT2D eigenvalue weighted by Gasteiger charge is 2.34. The molecule has 0 bridgehead atoms. The minimum absolute atomic E-state index is 0.0170. The van der Waals surface area contributed by atoms with Gasteiger partial charge >= 0.3 is 0 Å². The molecule has 150 valence electrons. The van der Waals surface area contributed by atoms with E-state index in [9.17, 15) is 14.0 Å². The van der Waals surface area contributed by atoms with Crippen molar-refractivity contribution in [3.8, 4) is 0 Å². The molecule has 1 saturated heterocycles. The second-order valence-corrected chi connectivity index (χ2v) is 7.86. The van der Waals surface area contributed by atoms with Crippen molar-refractivity contribution in [1.82, 2.24) is 9.88 Å². The highest BCUT2D eigenvalue weighted by molar-refractivity contribution is 5.97. The minimum atomic E-state index is -0.358. The van der Waals surface area contributed by atoms with E-state index in [1.54, 1.807) is 11.0 Å². The maximum Gasteiger partial charge on any atom is 0.229 e. The summed E-state index contributed by atoms with van der Waals surface area (Å²) in [7, 11) is 0. The number of anilines is 1. The van der Waals surface area contributed by atoms with Gasteiger partial charge in [-0.1, -0.05) is 6.07 Å². The molecule has 2 amide bonds. The Morgan fingerprint density at radius 3 is 2.72 bits per heavy atom. The predicted octanol–water partition coefficient (Wildman–Crippen LogP) is 3.95. The number of aryl methyl sites for hydroxylation is 2. The summed E-state index contributed by atoms with van der Waals surface area (Å²) in [6.45, 7) is 4.89. The number of H-pyrrole nitrogens is 1. The first-order chi connectivity index (χ1) is 13.9. The molecule has 4 rings (SSSR count). The highest BCUT2D eigenvalue weighted by Crippen LogP contribution is 2.24. The van der Waals surface area contributed by atoms with E-state index in [0.29, 0.717) is 19.5 Å². The molecular weight excluding hydrogens is 369 g/mol. The second-order valence-electron chi connectivity index (χ2n) is 7.86. The molecule has 2 heterocycles. The quantitative estimate of drug-likeness (QED) is 0.689. The smallest absolute Gasteiger partial charge is 0.229 e. The van der Waals surface area contributed by atoms with Gasteiger partial charge in [0.1, 0.15) is 5.82 Å². The van der Waals surface area contributed by atoms with E-state index in [-0.39, 0.29) is 30.0 Å².